The summed E-state index contributed by atoms with van der Waals surface area (Å²) >= 11 is 0. The number of fused-ring (bicyclic) bond motifs is 2. The molecule has 1 amide bonds. The zero-order valence-electron chi connectivity index (χ0n) is 15.2. The van der Waals surface area contributed by atoms with E-state index in [9.17, 15) is 14.0 Å². The number of esters is 1. The molecule has 0 aliphatic carbocycles. The zero-order valence-corrected chi connectivity index (χ0v) is 15.2. The van der Waals surface area contributed by atoms with Gasteiger partial charge >= 0.3 is 5.97 Å². The van der Waals surface area contributed by atoms with Gasteiger partial charge in [0.15, 0.2) is 0 Å². The van der Waals surface area contributed by atoms with Crippen molar-refractivity contribution in [1.82, 2.24) is 4.90 Å². The van der Waals surface area contributed by atoms with Gasteiger partial charge < -0.3 is 9.64 Å². The molecule has 2 aliphatic heterocycles. The highest BCUT2D eigenvalue weighted by Crippen LogP contribution is 2.43. The Kier molecular flexibility index (Phi) is 4.68. The van der Waals surface area contributed by atoms with Gasteiger partial charge in [-0.2, -0.15) is 0 Å². The molecule has 2 aliphatic rings. The summed E-state index contributed by atoms with van der Waals surface area (Å²) < 4.78 is 17.9. The molecule has 2 aromatic rings. The standard InChI is InChI=1S/C22H22FNO3/c1-27-22(26)16-4-2-15(3-5-16)21(25)24-19-10-11-20(24)13-17(12-19)14-6-8-18(23)9-7-14/h2-9,17,19-20H,10-13H2,1H3/t17-,19+,20-. The maximum Gasteiger partial charge on any atom is 0.337 e. The number of benzene rings is 2. The first kappa shape index (κ1) is 17.7. The molecule has 0 aromatic heterocycles. The fourth-order valence-electron chi connectivity index (χ4n) is 4.53. The summed E-state index contributed by atoms with van der Waals surface area (Å²) in [5.41, 5.74) is 2.19. The van der Waals surface area contributed by atoms with Crippen LogP contribution in [0.1, 0.15) is 57.9 Å². The van der Waals surface area contributed by atoms with E-state index < -0.39 is 5.97 Å². The van der Waals surface area contributed by atoms with E-state index in [0.717, 1.165) is 31.2 Å². The highest BCUT2D eigenvalue weighted by atomic mass is 19.1. The maximum absolute atomic E-state index is 13.2. The van der Waals surface area contributed by atoms with E-state index in [-0.39, 0.29) is 23.8 Å². The van der Waals surface area contributed by atoms with Gasteiger partial charge in [-0.25, -0.2) is 9.18 Å². The molecule has 2 aromatic carbocycles. The number of ether oxygens (including phenoxy) is 1. The van der Waals surface area contributed by atoms with Gasteiger partial charge in [-0.1, -0.05) is 12.1 Å². The number of piperidine rings is 1. The number of carbonyl (C=O) groups excluding carboxylic acids is 2. The van der Waals surface area contributed by atoms with Crippen LogP contribution in [0, 0.1) is 5.82 Å². The van der Waals surface area contributed by atoms with Crippen molar-refractivity contribution in [2.75, 3.05) is 7.11 Å². The van der Waals surface area contributed by atoms with Gasteiger partial charge in [-0.05, 0) is 73.6 Å². The van der Waals surface area contributed by atoms with Crippen LogP contribution in [0.3, 0.4) is 0 Å². The second kappa shape index (κ2) is 7.14. The number of rotatable bonds is 3. The first-order valence-electron chi connectivity index (χ1n) is 9.33. The number of halogens is 1. The van der Waals surface area contributed by atoms with Crippen molar-refractivity contribution in [3.05, 3.63) is 71.0 Å². The summed E-state index contributed by atoms with van der Waals surface area (Å²) in [5.74, 6) is -0.232. The van der Waals surface area contributed by atoms with Crippen molar-refractivity contribution in [2.45, 2.75) is 43.7 Å². The zero-order chi connectivity index (χ0) is 19.0. The minimum atomic E-state index is -0.408. The molecule has 0 unspecified atom stereocenters. The SMILES string of the molecule is COC(=O)c1ccc(C(=O)N2[C@@H]3CC[C@H]2C[C@@H](c2ccc(F)cc2)C3)cc1. The van der Waals surface area contributed by atoms with E-state index in [2.05, 4.69) is 0 Å². The Balaban J connectivity index is 1.50. The van der Waals surface area contributed by atoms with Crippen LogP contribution >= 0.6 is 0 Å². The van der Waals surface area contributed by atoms with Crippen LogP contribution in [0.5, 0.6) is 0 Å². The molecule has 0 radical (unpaired) electrons. The third-order valence-corrected chi connectivity index (χ3v) is 5.86. The molecule has 3 atom stereocenters. The molecule has 5 heteroatoms. The van der Waals surface area contributed by atoms with Crippen LogP contribution < -0.4 is 0 Å². The predicted molar refractivity (Wildman–Crippen MR) is 99.1 cm³/mol. The highest BCUT2D eigenvalue weighted by Gasteiger charge is 2.43. The second-order valence-corrected chi connectivity index (χ2v) is 7.39. The molecule has 140 valence electrons. The first-order valence-corrected chi connectivity index (χ1v) is 9.33. The topological polar surface area (TPSA) is 46.6 Å². The summed E-state index contributed by atoms with van der Waals surface area (Å²) in [4.78, 5) is 26.6. The lowest BCUT2D eigenvalue weighted by Gasteiger charge is -2.39. The largest absolute Gasteiger partial charge is 0.465 e. The van der Waals surface area contributed by atoms with Gasteiger partial charge in [0.2, 0.25) is 0 Å². The summed E-state index contributed by atoms with van der Waals surface area (Å²) in [6, 6.07) is 13.8. The maximum atomic E-state index is 13.2. The Hall–Kier alpha value is -2.69. The van der Waals surface area contributed by atoms with Crippen molar-refractivity contribution in [3.8, 4) is 0 Å². The fourth-order valence-corrected chi connectivity index (χ4v) is 4.53. The third kappa shape index (κ3) is 3.34. The van der Waals surface area contributed by atoms with Crippen LogP contribution in [0.2, 0.25) is 0 Å². The van der Waals surface area contributed by atoms with Gasteiger partial charge in [-0.15, -0.1) is 0 Å². The Morgan fingerprint density at radius 2 is 1.48 bits per heavy atom. The van der Waals surface area contributed by atoms with E-state index in [1.54, 1.807) is 24.3 Å². The van der Waals surface area contributed by atoms with Gasteiger partial charge in [0.25, 0.3) is 5.91 Å². The molecule has 2 saturated heterocycles. The summed E-state index contributed by atoms with van der Waals surface area (Å²) in [6.45, 7) is 0. The van der Waals surface area contributed by atoms with Gasteiger partial charge in [0, 0.05) is 17.6 Å². The summed E-state index contributed by atoms with van der Waals surface area (Å²) in [6.07, 6.45) is 3.84. The van der Waals surface area contributed by atoms with Crippen LogP contribution in [0.25, 0.3) is 0 Å². The molecular weight excluding hydrogens is 345 g/mol. The molecule has 2 fully saturated rings. The molecule has 2 heterocycles. The average molecular weight is 367 g/mol. The number of methoxy groups -OCH3 is 1. The average Bonchev–Trinajstić information content (AvgIpc) is 2.96. The second-order valence-electron chi connectivity index (χ2n) is 7.39. The number of amides is 1. The van der Waals surface area contributed by atoms with Crippen LogP contribution in [0.4, 0.5) is 4.39 Å². The minimum absolute atomic E-state index is 0.0245. The van der Waals surface area contributed by atoms with Gasteiger partial charge in [-0.3, -0.25) is 4.79 Å². The quantitative estimate of drug-likeness (QED) is 0.765. The van der Waals surface area contributed by atoms with Gasteiger partial charge in [0.05, 0.1) is 12.7 Å². The van der Waals surface area contributed by atoms with Crippen molar-refractivity contribution < 1.29 is 18.7 Å². The van der Waals surface area contributed by atoms with E-state index in [1.165, 1.54) is 19.2 Å². The van der Waals surface area contributed by atoms with Crippen molar-refractivity contribution in [1.29, 1.82) is 0 Å². The molecule has 4 rings (SSSR count). The Labute approximate surface area is 157 Å². The molecule has 4 nitrogen and oxygen atoms in total. The number of nitrogens with zero attached hydrogens (tertiary/aromatic N) is 1. The normalized spacial score (nSPS) is 23.9. The Morgan fingerprint density at radius 3 is 2.04 bits per heavy atom. The monoisotopic (exact) mass is 367 g/mol. The van der Waals surface area contributed by atoms with E-state index in [0.29, 0.717) is 17.0 Å². The molecule has 27 heavy (non-hydrogen) atoms. The number of hydrogen-bond acceptors (Lipinski definition) is 3. The highest BCUT2D eigenvalue weighted by molar-refractivity contribution is 5.96. The van der Waals surface area contributed by atoms with Crippen LogP contribution in [-0.4, -0.2) is 36.0 Å². The first-order chi connectivity index (χ1) is 13.1. The lowest BCUT2D eigenvalue weighted by molar-refractivity contribution is 0.0566. The molecule has 2 bridgehead atoms. The van der Waals surface area contributed by atoms with Crippen LogP contribution in [-0.2, 0) is 4.74 Å². The third-order valence-electron chi connectivity index (χ3n) is 5.86. The number of hydrogen-bond donors (Lipinski definition) is 0. The van der Waals surface area contributed by atoms with Gasteiger partial charge in [0.1, 0.15) is 5.82 Å². The lowest BCUT2D eigenvalue weighted by Crippen LogP contribution is -2.46. The van der Waals surface area contributed by atoms with Crippen molar-refractivity contribution in [3.63, 3.8) is 0 Å². The molecule has 0 spiro atoms. The fraction of sp³-hybridized carbons (Fsp3) is 0.364. The van der Waals surface area contributed by atoms with E-state index in [1.807, 2.05) is 17.0 Å². The summed E-state index contributed by atoms with van der Waals surface area (Å²) in [7, 11) is 1.34. The Bertz CT molecular complexity index is 833. The molecular formula is C22H22FNO3. The van der Waals surface area contributed by atoms with E-state index >= 15 is 0 Å². The number of carbonyl (C=O) groups is 2. The Morgan fingerprint density at radius 1 is 0.926 bits per heavy atom. The van der Waals surface area contributed by atoms with E-state index in [4.69, 9.17) is 4.74 Å². The smallest absolute Gasteiger partial charge is 0.337 e. The lowest BCUT2D eigenvalue weighted by atomic mass is 9.85. The molecule has 0 saturated carbocycles. The van der Waals surface area contributed by atoms with Crippen molar-refractivity contribution in [2.24, 2.45) is 0 Å². The van der Waals surface area contributed by atoms with Crippen molar-refractivity contribution >= 4 is 11.9 Å². The minimum Gasteiger partial charge on any atom is -0.465 e. The predicted octanol–water partition coefficient (Wildman–Crippen LogP) is 4.16. The summed E-state index contributed by atoms with van der Waals surface area (Å²) in [5, 5.41) is 0. The molecule has 0 N–H and O–H groups in total. The van der Waals surface area contributed by atoms with Crippen LogP contribution in [0.15, 0.2) is 48.5 Å².